The Morgan fingerprint density at radius 3 is 2.35 bits per heavy atom. The Kier molecular flexibility index (Phi) is 6.94. The summed E-state index contributed by atoms with van der Waals surface area (Å²) in [6, 6.07) is 5.44. The molecule has 2 N–H and O–H groups in total. The number of aliphatic hydroxyl groups is 2. The highest BCUT2D eigenvalue weighted by molar-refractivity contribution is 7.89. The monoisotopic (exact) mass is 496 g/mol. The number of sulfonamides is 1. The number of aromatic nitrogens is 2. The van der Waals surface area contributed by atoms with Crippen molar-refractivity contribution in [1.82, 2.24) is 14.1 Å². The predicted molar refractivity (Wildman–Crippen MR) is 123 cm³/mol. The Labute approximate surface area is 197 Å². The van der Waals surface area contributed by atoms with Gasteiger partial charge < -0.3 is 19.8 Å². The number of anilines is 1. The van der Waals surface area contributed by atoms with Crippen LogP contribution in [0.5, 0.6) is 5.75 Å². The van der Waals surface area contributed by atoms with Gasteiger partial charge in [0.15, 0.2) is 0 Å². The van der Waals surface area contributed by atoms with Crippen molar-refractivity contribution in [2.45, 2.75) is 50.3 Å². The van der Waals surface area contributed by atoms with Crippen molar-refractivity contribution >= 4 is 15.7 Å². The molecule has 4 rings (SSSR count). The van der Waals surface area contributed by atoms with Crippen LogP contribution in [0.1, 0.15) is 26.7 Å². The van der Waals surface area contributed by atoms with E-state index in [1.165, 1.54) is 28.7 Å². The van der Waals surface area contributed by atoms with Crippen LogP contribution >= 0.6 is 0 Å². The van der Waals surface area contributed by atoms with E-state index in [1.54, 1.807) is 19.9 Å². The summed E-state index contributed by atoms with van der Waals surface area (Å²) in [6.45, 7) is 4.40. The molecule has 1 saturated carbocycles. The molecule has 2 fully saturated rings. The highest BCUT2D eigenvalue weighted by atomic mass is 32.2. The van der Waals surface area contributed by atoms with Crippen LogP contribution in [0, 0.1) is 5.82 Å². The summed E-state index contributed by atoms with van der Waals surface area (Å²) in [4.78, 5) is 15.2. The van der Waals surface area contributed by atoms with Crippen LogP contribution in [0.15, 0.2) is 35.3 Å². The number of hydrogen-bond donors (Lipinski definition) is 2. The van der Waals surface area contributed by atoms with Crippen LogP contribution in [0.4, 0.5) is 10.1 Å². The van der Waals surface area contributed by atoms with Gasteiger partial charge >= 0.3 is 5.56 Å². The fraction of sp³-hybridized carbons (Fsp3) is 0.545. The zero-order valence-corrected chi connectivity index (χ0v) is 19.9. The molecule has 0 amide bonds. The second kappa shape index (κ2) is 9.61. The van der Waals surface area contributed by atoms with Crippen molar-refractivity contribution in [3.63, 3.8) is 0 Å². The summed E-state index contributed by atoms with van der Waals surface area (Å²) in [5.41, 5.74) is -0.00734. The van der Waals surface area contributed by atoms with E-state index >= 15 is 0 Å². The number of aliphatic hydroxyl groups excluding tert-OH is 2. The van der Waals surface area contributed by atoms with Crippen LogP contribution in [0.25, 0.3) is 5.69 Å². The van der Waals surface area contributed by atoms with Gasteiger partial charge in [-0.2, -0.15) is 14.1 Å². The lowest BCUT2D eigenvalue weighted by molar-refractivity contribution is 0.0438. The molecule has 2 heterocycles. The molecule has 186 valence electrons. The zero-order chi connectivity index (χ0) is 24.6. The molecular formula is C22H29FN4O6S. The molecule has 1 aliphatic heterocycles. The Morgan fingerprint density at radius 1 is 1.12 bits per heavy atom. The molecule has 10 nitrogen and oxygen atoms in total. The maximum Gasteiger partial charge on any atom is 0.316 e. The van der Waals surface area contributed by atoms with Crippen LogP contribution < -0.4 is 15.2 Å². The second-order valence-electron chi connectivity index (χ2n) is 8.88. The van der Waals surface area contributed by atoms with Crippen molar-refractivity contribution in [3.05, 3.63) is 46.6 Å². The minimum atomic E-state index is -3.40. The predicted octanol–water partition coefficient (Wildman–Crippen LogP) is 0.495. The van der Waals surface area contributed by atoms with Gasteiger partial charge in [-0.05, 0) is 32.0 Å². The fourth-order valence-corrected chi connectivity index (χ4v) is 5.52. The van der Waals surface area contributed by atoms with Gasteiger partial charge in [0.25, 0.3) is 0 Å². The quantitative estimate of drug-likeness (QED) is 0.592. The molecule has 2 aromatic rings. The Morgan fingerprint density at radius 2 is 1.76 bits per heavy atom. The van der Waals surface area contributed by atoms with E-state index in [2.05, 4.69) is 5.10 Å². The van der Waals surface area contributed by atoms with Crippen molar-refractivity contribution in [1.29, 1.82) is 0 Å². The molecule has 0 radical (unpaired) electrons. The third-order valence-corrected chi connectivity index (χ3v) is 8.52. The summed E-state index contributed by atoms with van der Waals surface area (Å²) in [6.07, 6.45) is -0.750. The second-order valence-corrected chi connectivity index (χ2v) is 11.4. The van der Waals surface area contributed by atoms with Crippen LogP contribution in [0.3, 0.4) is 0 Å². The van der Waals surface area contributed by atoms with Gasteiger partial charge in [0, 0.05) is 39.0 Å². The number of piperazine rings is 1. The lowest BCUT2D eigenvalue weighted by Gasteiger charge is -2.36. The molecular weight excluding hydrogens is 467 g/mol. The molecule has 0 bridgehead atoms. The molecule has 2 aliphatic rings. The third kappa shape index (κ3) is 4.81. The molecule has 2 atom stereocenters. The summed E-state index contributed by atoms with van der Waals surface area (Å²) in [7, 11) is -3.40. The fourth-order valence-electron chi connectivity index (χ4n) is 4.25. The Balaban J connectivity index is 1.67. The van der Waals surface area contributed by atoms with Gasteiger partial charge in [-0.25, -0.2) is 12.8 Å². The van der Waals surface area contributed by atoms with Crippen molar-refractivity contribution < 1.29 is 27.8 Å². The van der Waals surface area contributed by atoms with E-state index in [1.807, 2.05) is 4.90 Å². The van der Waals surface area contributed by atoms with E-state index in [4.69, 9.17) is 4.74 Å². The topological polar surface area (TPSA) is 125 Å². The molecule has 1 aromatic heterocycles. The molecule has 0 spiro atoms. The van der Waals surface area contributed by atoms with E-state index < -0.39 is 45.0 Å². The molecule has 2 unspecified atom stereocenters. The number of benzene rings is 1. The van der Waals surface area contributed by atoms with Gasteiger partial charge in [-0.1, -0.05) is 6.07 Å². The highest BCUT2D eigenvalue weighted by Gasteiger charge is 2.35. The Bertz CT molecular complexity index is 1190. The van der Waals surface area contributed by atoms with Crippen LogP contribution in [-0.4, -0.2) is 82.5 Å². The zero-order valence-electron chi connectivity index (χ0n) is 19.0. The maximum absolute atomic E-state index is 13.8. The van der Waals surface area contributed by atoms with E-state index in [0.29, 0.717) is 18.8 Å². The first-order chi connectivity index (χ1) is 16.1. The van der Waals surface area contributed by atoms with Gasteiger partial charge in [-0.15, -0.1) is 0 Å². The molecule has 1 aliphatic carbocycles. The maximum atomic E-state index is 13.8. The Hall–Kier alpha value is -2.54. The summed E-state index contributed by atoms with van der Waals surface area (Å²) in [5.74, 6) is -0.562. The average Bonchev–Trinajstić information content (AvgIpc) is 3.11. The van der Waals surface area contributed by atoms with Gasteiger partial charge in [-0.3, -0.25) is 4.79 Å². The molecule has 1 saturated heterocycles. The van der Waals surface area contributed by atoms with Crippen LogP contribution in [0.2, 0.25) is 0 Å². The van der Waals surface area contributed by atoms with Gasteiger partial charge in [0.05, 0.1) is 29.3 Å². The molecule has 34 heavy (non-hydrogen) atoms. The summed E-state index contributed by atoms with van der Waals surface area (Å²) >= 11 is 0. The lowest BCUT2D eigenvalue weighted by Crippen LogP contribution is -2.50. The van der Waals surface area contributed by atoms with Crippen LogP contribution in [-0.2, 0) is 10.0 Å². The SMILES string of the molecule is CC(C)S(=O)(=O)N1CCN(c2cnn(-c3cccc(F)c3)c(=O)c2OC2CC(O)C(O)C2)CC1. The van der Waals surface area contributed by atoms with Crippen molar-refractivity contribution in [3.8, 4) is 11.4 Å². The van der Waals surface area contributed by atoms with Crippen molar-refractivity contribution in [2.24, 2.45) is 0 Å². The first kappa shape index (κ1) is 24.6. The summed E-state index contributed by atoms with van der Waals surface area (Å²) < 4.78 is 47.2. The van der Waals surface area contributed by atoms with Gasteiger partial charge in [0.2, 0.25) is 15.8 Å². The standard InChI is InChI=1S/C22H29FN4O6S/c1-14(2)34(31,32)26-8-6-25(7-9-26)18-13-24-27(16-5-3-4-15(23)10-16)22(30)21(18)33-17-11-19(28)20(29)12-17/h3-5,10,13-14,17,19-20,28-29H,6-9,11-12H2,1-2H3. The van der Waals surface area contributed by atoms with E-state index in [-0.39, 0.29) is 37.4 Å². The first-order valence-electron chi connectivity index (χ1n) is 11.2. The van der Waals surface area contributed by atoms with E-state index in [0.717, 1.165) is 4.68 Å². The lowest BCUT2D eigenvalue weighted by atomic mass is 10.2. The number of ether oxygens (including phenoxy) is 1. The first-order valence-corrected chi connectivity index (χ1v) is 12.7. The summed E-state index contributed by atoms with van der Waals surface area (Å²) in [5, 5.41) is 23.5. The van der Waals surface area contributed by atoms with E-state index in [9.17, 15) is 27.8 Å². The smallest absolute Gasteiger partial charge is 0.316 e. The number of nitrogens with zero attached hydrogens (tertiary/aromatic N) is 4. The largest absolute Gasteiger partial charge is 0.483 e. The average molecular weight is 497 g/mol. The molecule has 1 aromatic carbocycles. The number of hydrogen-bond acceptors (Lipinski definition) is 8. The minimum absolute atomic E-state index is 0.0364. The highest BCUT2D eigenvalue weighted by Crippen LogP contribution is 2.31. The number of halogens is 1. The third-order valence-electron chi connectivity index (χ3n) is 6.24. The molecule has 12 heteroatoms. The normalized spacial score (nSPS) is 24.1. The van der Waals surface area contributed by atoms with Gasteiger partial charge in [0.1, 0.15) is 17.6 Å². The van der Waals surface area contributed by atoms with Crippen molar-refractivity contribution in [2.75, 3.05) is 31.1 Å². The minimum Gasteiger partial charge on any atom is -0.483 e. The number of rotatable bonds is 6.